The number of aliphatic hydroxyl groups is 2. The van der Waals surface area contributed by atoms with Crippen LogP contribution in [0.3, 0.4) is 0 Å². The van der Waals surface area contributed by atoms with E-state index >= 15 is 0 Å². The van der Waals surface area contributed by atoms with E-state index in [1.54, 1.807) is 0 Å². The van der Waals surface area contributed by atoms with E-state index in [-0.39, 0.29) is 12.2 Å². The van der Waals surface area contributed by atoms with Gasteiger partial charge in [0.2, 0.25) is 0 Å². The summed E-state index contributed by atoms with van der Waals surface area (Å²) in [5.74, 6) is 2.82. The van der Waals surface area contributed by atoms with Crippen molar-refractivity contribution in [1.82, 2.24) is 0 Å². The summed E-state index contributed by atoms with van der Waals surface area (Å²) in [6, 6.07) is 0. The van der Waals surface area contributed by atoms with Crippen LogP contribution in [0.15, 0.2) is 0 Å². The minimum atomic E-state index is -0.679. The van der Waals surface area contributed by atoms with Crippen LogP contribution in [0.2, 0.25) is 0 Å². The monoisotopic (exact) mass is 420 g/mol. The maximum absolute atomic E-state index is 11.3. The fourth-order valence-corrected chi connectivity index (χ4v) is 9.12. The molecule has 0 amide bonds. The second-order valence-electron chi connectivity index (χ2n) is 12.1. The number of aliphatic carboxylic acids is 1. The highest BCUT2D eigenvalue weighted by Crippen LogP contribution is 2.68. The second kappa shape index (κ2) is 8.39. The number of carbonyl (C=O) groups is 1. The SMILES string of the molecule is C[C@H](CCCCC(=O)O)[C@H]1CC[C@H]2[C@@H]3[C@@H](O)C[C@@H]4C[C@H](O)CC[C@]4(C)[C@H]3CC[C@]12C. The lowest BCUT2D eigenvalue weighted by Gasteiger charge is -2.62. The van der Waals surface area contributed by atoms with Gasteiger partial charge in [0.1, 0.15) is 0 Å². The number of unbranched alkanes of at least 4 members (excludes halogenated alkanes) is 1. The highest BCUT2D eigenvalue weighted by atomic mass is 16.4. The van der Waals surface area contributed by atoms with Crippen molar-refractivity contribution in [3.05, 3.63) is 0 Å². The molecule has 0 aliphatic heterocycles. The standard InChI is InChI=1S/C26H44O4/c1-16(6-4-5-7-23(29)30)19-8-9-20-24-21(11-13-26(19,20)3)25(2)12-10-18(27)14-17(25)15-22(24)28/h16-22,24,27-28H,4-15H2,1-3H3,(H,29,30)/t16-,17+,18-,19-,20+,21+,22+,24+,25+,26-/m1/s1. The molecule has 0 spiro atoms. The van der Waals surface area contributed by atoms with Crippen LogP contribution < -0.4 is 0 Å². The molecule has 0 saturated heterocycles. The van der Waals surface area contributed by atoms with Crippen LogP contribution in [0.5, 0.6) is 0 Å². The van der Waals surface area contributed by atoms with Crippen molar-refractivity contribution >= 4 is 5.97 Å². The number of hydrogen-bond acceptors (Lipinski definition) is 3. The fraction of sp³-hybridized carbons (Fsp3) is 0.962. The number of rotatable bonds is 6. The van der Waals surface area contributed by atoms with Crippen molar-refractivity contribution in [2.45, 2.75) is 110 Å². The van der Waals surface area contributed by atoms with E-state index in [2.05, 4.69) is 20.8 Å². The van der Waals surface area contributed by atoms with Gasteiger partial charge in [-0.05, 0) is 104 Å². The van der Waals surface area contributed by atoms with Crippen molar-refractivity contribution in [2.24, 2.45) is 46.3 Å². The topological polar surface area (TPSA) is 77.8 Å². The predicted molar refractivity (Wildman–Crippen MR) is 118 cm³/mol. The molecule has 0 aromatic carbocycles. The van der Waals surface area contributed by atoms with Crippen molar-refractivity contribution < 1.29 is 20.1 Å². The number of carboxylic acid groups (broad SMARTS) is 1. The first-order valence-electron chi connectivity index (χ1n) is 12.7. The molecule has 4 heteroatoms. The van der Waals surface area contributed by atoms with Gasteiger partial charge in [0.25, 0.3) is 0 Å². The molecule has 4 aliphatic rings. The summed E-state index contributed by atoms with van der Waals surface area (Å²) in [5.41, 5.74) is 0.622. The van der Waals surface area contributed by atoms with Gasteiger partial charge in [0.15, 0.2) is 0 Å². The Kier molecular flexibility index (Phi) is 6.31. The molecule has 30 heavy (non-hydrogen) atoms. The third-order valence-corrected chi connectivity index (χ3v) is 10.7. The molecule has 4 nitrogen and oxygen atoms in total. The van der Waals surface area contributed by atoms with Gasteiger partial charge in [0.05, 0.1) is 12.2 Å². The Morgan fingerprint density at radius 3 is 2.40 bits per heavy atom. The summed E-state index contributed by atoms with van der Waals surface area (Å²) < 4.78 is 0. The normalized spacial score (nSPS) is 49.0. The van der Waals surface area contributed by atoms with Crippen LogP contribution in [0.25, 0.3) is 0 Å². The largest absolute Gasteiger partial charge is 0.481 e. The number of aliphatic hydroxyl groups excluding tert-OH is 2. The quantitative estimate of drug-likeness (QED) is 0.512. The summed E-state index contributed by atoms with van der Waals surface area (Å²) in [7, 11) is 0. The van der Waals surface area contributed by atoms with Crippen LogP contribution >= 0.6 is 0 Å². The van der Waals surface area contributed by atoms with Crippen molar-refractivity contribution in [3.8, 4) is 0 Å². The van der Waals surface area contributed by atoms with Gasteiger partial charge < -0.3 is 15.3 Å². The highest BCUT2D eigenvalue weighted by molar-refractivity contribution is 5.66. The van der Waals surface area contributed by atoms with Crippen LogP contribution in [-0.4, -0.2) is 33.5 Å². The zero-order valence-corrected chi connectivity index (χ0v) is 19.4. The molecule has 0 radical (unpaired) electrons. The Morgan fingerprint density at radius 1 is 0.967 bits per heavy atom. The minimum Gasteiger partial charge on any atom is -0.481 e. The first-order valence-corrected chi connectivity index (χ1v) is 12.7. The molecule has 0 heterocycles. The predicted octanol–water partition coefficient (Wildman–Crippen LogP) is 5.26. The van der Waals surface area contributed by atoms with E-state index in [9.17, 15) is 15.0 Å². The van der Waals surface area contributed by atoms with Crippen LogP contribution in [-0.2, 0) is 4.79 Å². The molecule has 3 N–H and O–H groups in total. The van der Waals surface area contributed by atoms with Crippen LogP contribution in [0.1, 0.15) is 97.8 Å². The Balaban J connectivity index is 1.47. The molecular formula is C26H44O4. The van der Waals surface area contributed by atoms with E-state index in [1.165, 1.54) is 25.7 Å². The van der Waals surface area contributed by atoms with Crippen LogP contribution in [0.4, 0.5) is 0 Å². The zero-order chi connectivity index (χ0) is 21.7. The number of hydrogen-bond donors (Lipinski definition) is 3. The van der Waals surface area contributed by atoms with Crippen LogP contribution in [0, 0.1) is 46.3 Å². The third-order valence-electron chi connectivity index (χ3n) is 10.7. The maximum Gasteiger partial charge on any atom is 0.303 e. The lowest BCUT2D eigenvalue weighted by Crippen LogP contribution is -2.58. The average Bonchev–Trinajstić information content (AvgIpc) is 3.03. The van der Waals surface area contributed by atoms with Crippen molar-refractivity contribution in [2.75, 3.05) is 0 Å². The van der Waals surface area contributed by atoms with Gasteiger partial charge in [-0.3, -0.25) is 4.79 Å². The van der Waals surface area contributed by atoms with Crippen molar-refractivity contribution in [1.29, 1.82) is 0 Å². The minimum absolute atomic E-state index is 0.168. The Bertz CT molecular complexity index is 635. The van der Waals surface area contributed by atoms with Gasteiger partial charge in [-0.15, -0.1) is 0 Å². The molecule has 4 rings (SSSR count). The average molecular weight is 421 g/mol. The van der Waals surface area contributed by atoms with Crippen molar-refractivity contribution in [3.63, 3.8) is 0 Å². The van der Waals surface area contributed by atoms with E-state index in [0.717, 1.165) is 44.9 Å². The molecule has 4 saturated carbocycles. The Morgan fingerprint density at radius 2 is 1.67 bits per heavy atom. The molecule has 0 unspecified atom stereocenters. The second-order valence-corrected chi connectivity index (χ2v) is 12.1. The maximum atomic E-state index is 11.3. The number of carboxylic acids is 1. The van der Waals surface area contributed by atoms with Gasteiger partial charge >= 0.3 is 5.97 Å². The summed E-state index contributed by atoms with van der Waals surface area (Å²) in [4.78, 5) is 10.8. The lowest BCUT2D eigenvalue weighted by atomic mass is 9.43. The zero-order valence-electron chi connectivity index (χ0n) is 19.4. The van der Waals surface area contributed by atoms with Gasteiger partial charge in [0, 0.05) is 6.42 Å². The molecule has 4 aliphatic carbocycles. The van der Waals surface area contributed by atoms with Gasteiger partial charge in [-0.1, -0.05) is 33.6 Å². The van der Waals surface area contributed by atoms with Gasteiger partial charge in [-0.25, -0.2) is 0 Å². The highest BCUT2D eigenvalue weighted by Gasteiger charge is 2.62. The molecular weight excluding hydrogens is 376 g/mol. The summed E-state index contributed by atoms with van der Waals surface area (Å²) >= 11 is 0. The molecule has 0 aromatic heterocycles. The Hall–Kier alpha value is -0.610. The Labute approximate surface area is 182 Å². The summed E-state index contributed by atoms with van der Waals surface area (Å²) in [6.07, 6.45) is 11.7. The third kappa shape index (κ3) is 3.74. The van der Waals surface area contributed by atoms with E-state index < -0.39 is 5.97 Å². The fourth-order valence-electron chi connectivity index (χ4n) is 9.12. The smallest absolute Gasteiger partial charge is 0.303 e. The molecule has 172 valence electrons. The molecule has 10 atom stereocenters. The molecule has 4 fully saturated rings. The van der Waals surface area contributed by atoms with E-state index in [4.69, 9.17) is 5.11 Å². The summed E-state index contributed by atoms with van der Waals surface area (Å²) in [6.45, 7) is 7.39. The first-order chi connectivity index (χ1) is 14.2. The first kappa shape index (κ1) is 22.6. The molecule has 0 bridgehead atoms. The summed E-state index contributed by atoms with van der Waals surface area (Å²) in [5, 5.41) is 30.5. The van der Waals surface area contributed by atoms with Gasteiger partial charge in [-0.2, -0.15) is 0 Å². The molecule has 0 aromatic rings. The lowest BCUT2D eigenvalue weighted by molar-refractivity contribution is -0.174. The van der Waals surface area contributed by atoms with E-state index in [1.807, 2.05) is 0 Å². The number of fused-ring (bicyclic) bond motifs is 5. The van der Waals surface area contributed by atoms with E-state index in [0.29, 0.717) is 52.8 Å².